The molecule has 92 valence electrons. The van der Waals surface area contributed by atoms with Crippen LogP contribution in [0.5, 0.6) is 5.75 Å². The third-order valence-electron chi connectivity index (χ3n) is 2.69. The average Bonchev–Trinajstić information content (AvgIpc) is 3.10. The summed E-state index contributed by atoms with van der Waals surface area (Å²) in [6.45, 7) is 1.21. The predicted molar refractivity (Wildman–Crippen MR) is 65.6 cm³/mol. The molecule has 1 aromatic rings. The third-order valence-corrected chi connectivity index (χ3v) is 2.69. The molecule has 2 rings (SSSR count). The Kier molecular flexibility index (Phi) is 3.98. The Labute approximate surface area is 101 Å². The van der Waals surface area contributed by atoms with Crippen LogP contribution in [0.3, 0.4) is 0 Å². The van der Waals surface area contributed by atoms with Crippen molar-refractivity contribution in [3.8, 4) is 5.75 Å². The second kappa shape index (κ2) is 5.68. The van der Waals surface area contributed by atoms with Crippen molar-refractivity contribution >= 4 is 5.91 Å². The molecule has 0 aromatic heterocycles. The zero-order valence-electron chi connectivity index (χ0n) is 9.82. The van der Waals surface area contributed by atoms with Gasteiger partial charge in [-0.3, -0.25) is 4.79 Å². The molecule has 1 aliphatic rings. The molecule has 0 unspecified atom stereocenters. The number of nitrogens with one attached hydrogen (secondary N) is 1. The van der Waals surface area contributed by atoms with Crippen LogP contribution in [0.15, 0.2) is 24.3 Å². The van der Waals surface area contributed by atoms with Gasteiger partial charge in [-0.05, 0) is 30.5 Å². The topological polar surface area (TPSA) is 64.4 Å². The van der Waals surface area contributed by atoms with E-state index in [0.29, 0.717) is 12.6 Å². The van der Waals surface area contributed by atoms with Gasteiger partial charge >= 0.3 is 0 Å². The lowest BCUT2D eigenvalue weighted by Crippen LogP contribution is -2.16. The second-order valence-electron chi connectivity index (χ2n) is 4.37. The summed E-state index contributed by atoms with van der Waals surface area (Å²) in [5.74, 6) is 0.456. The Balaban J connectivity index is 1.79. The van der Waals surface area contributed by atoms with Crippen LogP contribution in [0.2, 0.25) is 0 Å². The lowest BCUT2D eigenvalue weighted by molar-refractivity contribution is -0.118. The fourth-order valence-corrected chi connectivity index (χ4v) is 1.56. The van der Waals surface area contributed by atoms with Crippen LogP contribution >= 0.6 is 0 Å². The number of hydrogen-bond donors (Lipinski definition) is 2. The SMILES string of the molecule is NC(=O)CCOc1cccc(CNC2CC2)c1. The predicted octanol–water partition coefficient (Wildman–Crippen LogP) is 1.19. The average molecular weight is 234 g/mol. The van der Waals surface area contributed by atoms with Crippen LogP contribution in [0.1, 0.15) is 24.8 Å². The van der Waals surface area contributed by atoms with Gasteiger partial charge in [0, 0.05) is 12.6 Å². The summed E-state index contributed by atoms with van der Waals surface area (Å²) in [5, 5.41) is 3.44. The minimum absolute atomic E-state index is 0.255. The molecule has 1 fully saturated rings. The van der Waals surface area contributed by atoms with E-state index in [1.807, 2.05) is 18.2 Å². The summed E-state index contributed by atoms with van der Waals surface area (Å²) >= 11 is 0. The molecule has 4 heteroatoms. The van der Waals surface area contributed by atoms with Gasteiger partial charge in [0.05, 0.1) is 13.0 Å². The second-order valence-corrected chi connectivity index (χ2v) is 4.37. The first-order valence-corrected chi connectivity index (χ1v) is 5.97. The van der Waals surface area contributed by atoms with Crippen molar-refractivity contribution in [2.24, 2.45) is 5.73 Å². The molecular weight excluding hydrogens is 216 g/mol. The number of rotatable bonds is 7. The monoisotopic (exact) mass is 234 g/mol. The van der Waals surface area contributed by atoms with E-state index in [9.17, 15) is 4.79 Å². The number of hydrogen-bond acceptors (Lipinski definition) is 3. The van der Waals surface area contributed by atoms with Crippen LogP contribution in [0.25, 0.3) is 0 Å². The van der Waals surface area contributed by atoms with Gasteiger partial charge in [-0.1, -0.05) is 12.1 Å². The van der Waals surface area contributed by atoms with Crippen molar-refractivity contribution in [3.05, 3.63) is 29.8 Å². The number of carbonyl (C=O) groups is 1. The van der Waals surface area contributed by atoms with Crippen LogP contribution < -0.4 is 15.8 Å². The number of carbonyl (C=O) groups excluding carboxylic acids is 1. The molecule has 0 radical (unpaired) electrons. The molecule has 0 heterocycles. The highest BCUT2D eigenvalue weighted by atomic mass is 16.5. The molecule has 0 spiro atoms. The van der Waals surface area contributed by atoms with Crippen LogP contribution in [-0.4, -0.2) is 18.6 Å². The fourth-order valence-electron chi connectivity index (χ4n) is 1.56. The van der Waals surface area contributed by atoms with E-state index in [1.54, 1.807) is 0 Å². The van der Waals surface area contributed by atoms with Crippen molar-refractivity contribution < 1.29 is 9.53 Å². The van der Waals surface area contributed by atoms with Gasteiger partial charge in [0.1, 0.15) is 5.75 Å². The molecule has 1 amide bonds. The van der Waals surface area contributed by atoms with Gasteiger partial charge in [-0.2, -0.15) is 0 Å². The standard InChI is InChI=1S/C13H18N2O2/c14-13(16)6-7-17-12-3-1-2-10(8-12)9-15-11-4-5-11/h1-3,8,11,15H,4-7,9H2,(H2,14,16). The normalized spacial score (nSPS) is 14.6. The third kappa shape index (κ3) is 4.44. The molecule has 17 heavy (non-hydrogen) atoms. The van der Waals surface area contributed by atoms with E-state index < -0.39 is 0 Å². The Bertz CT molecular complexity index is 389. The molecule has 3 N–H and O–H groups in total. The van der Waals surface area contributed by atoms with Crippen molar-refractivity contribution in [3.63, 3.8) is 0 Å². The number of nitrogens with two attached hydrogens (primary N) is 1. The van der Waals surface area contributed by atoms with Gasteiger partial charge in [0.25, 0.3) is 0 Å². The summed E-state index contributed by atoms with van der Waals surface area (Å²) < 4.78 is 5.45. The smallest absolute Gasteiger partial charge is 0.220 e. The first-order chi connectivity index (χ1) is 8.24. The number of primary amides is 1. The Hall–Kier alpha value is -1.55. The lowest BCUT2D eigenvalue weighted by atomic mass is 10.2. The quantitative estimate of drug-likeness (QED) is 0.745. The minimum atomic E-state index is -0.337. The molecule has 1 aliphatic carbocycles. The summed E-state index contributed by atoms with van der Waals surface area (Å²) in [6, 6.07) is 8.62. The van der Waals surface area contributed by atoms with E-state index in [0.717, 1.165) is 12.3 Å². The van der Waals surface area contributed by atoms with Gasteiger partial charge < -0.3 is 15.8 Å². The molecule has 0 saturated heterocycles. The van der Waals surface area contributed by atoms with Crippen LogP contribution in [0.4, 0.5) is 0 Å². The van der Waals surface area contributed by atoms with Gasteiger partial charge in [-0.25, -0.2) is 0 Å². The zero-order chi connectivity index (χ0) is 12.1. The minimum Gasteiger partial charge on any atom is -0.493 e. The van der Waals surface area contributed by atoms with Crippen molar-refractivity contribution in [2.45, 2.75) is 31.8 Å². The first-order valence-electron chi connectivity index (χ1n) is 5.97. The first kappa shape index (κ1) is 11.9. The van der Waals surface area contributed by atoms with Gasteiger partial charge in [-0.15, -0.1) is 0 Å². The van der Waals surface area contributed by atoms with Crippen molar-refractivity contribution in [1.82, 2.24) is 5.32 Å². The van der Waals surface area contributed by atoms with Crippen molar-refractivity contribution in [2.75, 3.05) is 6.61 Å². The summed E-state index contributed by atoms with van der Waals surface area (Å²) in [5.41, 5.74) is 6.25. The molecular formula is C13H18N2O2. The van der Waals surface area contributed by atoms with Crippen LogP contribution in [-0.2, 0) is 11.3 Å². The number of ether oxygens (including phenoxy) is 1. The molecule has 0 atom stereocenters. The van der Waals surface area contributed by atoms with E-state index >= 15 is 0 Å². The highest BCUT2D eigenvalue weighted by Gasteiger charge is 2.19. The Morgan fingerprint density at radius 2 is 2.29 bits per heavy atom. The van der Waals surface area contributed by atoms with Crippen LogP contribution in [0, 0.1) is 0 Å². The molecule has 1 aromatic carbocycles. The van der Waals surface area contributed by atoms with E-state index in [-0.39, 0.29) is 12.3 Å². The molecule has 0 bridgehead atoms. The maximum absolute atomic E-state index is 10.6. The van der Waals surface area contributed by atoms with Gasteiger partial charge in [0.2, 0.25) is 5.91 Å². The van der Waals surface area contributed by atoms with E-state index in [4.69, 9.17) is 10.5 Å². The fraction of sp³-hybridized carbons (Fsp3) is 0.462. The maximum atomic E-state index is 10.6. The highest BCUT2D eigenvalue weighted by molar-refractivity contribution is 5.73. The molecule has 1 saturated carbocycles. The van der Waals surface area contributed by atoms with E-state index in [2.05, 4.69) is 11.4 Å². The lowest BCUT2D eigenvalue weighted by Gasteiger charge is -2.07. The van der Waals surface area contributed by atoms with Gasteiger partial charge in [0.15, 0.2) is 0 Å². The Morgan fingerprint density at radius 3 is 3.00 bits per heavy atom. The number of benzene rings is 1. The Morgan fingerprint density at radius 1 is 1.47 bits per heavy atom. The molecule has 0 aliphatic heterocycles. The summed E-state index contributed by atoms with van der Waals surface area (Å²) in [6.07, 6.45) is 2.83. The number of amides is 1. The summed E-state index contributed by atoms with van der Waals surface area (Å²) in [4.78, 5) is 10.6. The van der Waals surface area contributed by atoms with Crippen molar-refractivity contribution in [1.29, 1.82) is 0 Å². The zero-order valence-corrected chi connectivity index (χ0v) is 9.82. The maximum Gasteiger partial charge on any atom is 0.220 e. The molecule has 4 nitrogen and oxygen atoms in total. The highest BCUT2D eigenvalue weighted by Crippen LogP contribution is 2.20. The summed E-state index contributed by atoms with van der Waals surface area (Å²) in [7, 11) is 0. The largest absolute Gasteiger partial charge is 0.493 e. The van der Waals surface area contributed by atoms with E-state index in [1.165, 1.54) is 18.4 Å².